The summed E-state index contributed by atoms with van der Waals surface area (Å²) in [6, 6.07) is 3.15. The van der Waals surface area contributed by atoms with Gasteiger partial charge in [0.1, 0.15) is 11.6 Å². The minimum atomic E-state index is -0.764. The molecular weight excluding hydrogens is 278 g/mol. The molecule has 1 aromatic carbocycles. The van der Waals surface area contributed by atoms with E-state index in [1.165, 1.54) is 18.9 Å². The minimum absolute atomic E-state index is 0.00439. The van der Waals surface area contributed by atoms with Crippen molar-refractivity contribution in [3.05, 3.63) is 35.4 Å². The molecule has 0 heterocycles. The molecule has 0 amide bonds. The zero-order valence-corrected chi connectivity index (χ0v) is 12.7. The zero-order chi connectivity index (χ0) is 14.7. The Morgan fingerprint density at radius 2 is 2.10 bits per heavy atom. The van der Waals surface area contributed by atoms with Crippen LogP contribution in [-0.4, -0.2) is 16.3 Å². The standard InChI is InChI=1S/C16H20F2OS/c1-10-4-3-5-13(8-10)20-11(2)16(19)14-7-6-12(17)9-15(14)18/h6-7,9-11,13H,3-5,8H2,1-2H3. The summed E-state index contributed by atoms with van der Waals surface area (Å²) in [5.41, 5.74) is -0.00439. The highest BCUT2D eigenvalue weighted by atomic mass is 32.2. The number of hydrogen-bond donors (Lipinski definition) is 0. The van der Waals surface area contributed by atoms with Crippen molar-refractivity contribution in [2.75, 3.05) is 0 Å². The first-order valence-corrected chi connectivity index (χ1v) is 8.06. The maximum absolute atomic E-state index is 13.6. The van der Waals surface area contributed by atoms with Crippen LogP contribution in [0.3, 0.4) is 0 Å². The Labute approximate surface area is 123 Å². The molecule has 1 aromatic rings. The van der Waals surface area contributed by atoms with Crippen molar-refractivity contribution in [3.63, 3.8) is 0 Å². The minimum Gasteiger partial charge on any atom is -0.293 e. The molecule has 1 aliphatic carbocycles. The summed E-state index contributed by atoms with van der Waals surface area (Å²) in [6.45, 7) is 4.05. The normalized spacial score (nSPS) is 24.4. The molecule has 1 aliphatic rings. The molecule has 4 heteroatoms. The second-order valence-corrected chi connectivity index (χ2v) is 7.31. The van der Waals surface area contributed by atoms with Crippen LogP contribution < -0.4 is 0 Å². The molecule has 0 bridgehead atoms. The molecule has 1 saturated carbocycles. The molecule has 3 unspecified atom stereocenters. The van der Waals surface area contributed by atoms with Gasteiger partial charge >= 0.3 is 0 Å². The lowest BCUT2D eigenvalue weighted by molar-refractivity contribution is 0.0989. The molecule has 0 saturated heterocycles. The summed E-state index contributed by atoms with van der Waals surface area (Å²) in [7, 11) is 0. The number of thioether (sulfide) groups is 1. The third-order valence-corrected chi connectivity index (χ3v) is 5.29. The smallest absolute Gasteiger partial charge is 0.178 e. The Bertz CT molecular complexity index is 489. The van der Waals surface area contributed by atoms with Crippen LogP contribution in [0.5, 0.6) is 0 Å². The molecule has 2 rings (SSSR count). The molecule has 1 fully saturated rings. The van der Waals surface area contributed by atoms with Crippen molar-refractivity contribution in [1.29, 1.82) is 0 Å². The predicted molar refractivity (Wildman–Crippen MR) is 79.2 cm³/mol. The largest absolute Gasteiger partial charge is 0.293 e. The maximum Gasteiger partial charge on any atom is 0.178 e. The van der Waals surface area contributed by atoms with Gasteiger partial charge in [0.2, 0.25) is 0 Å². The van der Waals surface area contributed by atoms with Crippen LogP contribution in [0.15, 0.2) is 18.2 Å². The van der Waals surface area contributed by atoms with Gasteiger partial charge in [-0.2, -0.15) is 0 Å². The van der Waals surface area contributed by atoms with E-state index in [2.05, 4.69) is 6.92 Å². The summed E-state index contributed by atoms with van der Waals surface area (Å²) in [5.74, 6) is -0.961. The molecule has 1 nitrogen and oxygen atoms in total. The highest BCUT2D eigenvalue weighted by molar-refractivity contribution is 8.01. The number of Topliss-reactive ketones (excluding diaryl/α,β-unsaturated/α-hetero) is 1. The van der Waals surface area contributed by atoms with Crippen LogP contribution >= 0.6 is 11.8 Å². The highest BCUT2D eigenvalue weighted by Gasteiger charge is 2.26. The average Bonchev–Trinajstić information content (AvgIpc) is 2.38. The third kappa shape index (κ3) is 3.81. The van der Waals surface area contributed by atoms with E-state index in [0.717, 1.165) is 25.0 Å². The molecular formula is C16H20F2OS. The quantitative estimate of drug-likeness (QED) is 0.739. The lowest BCUT2D eigenvalue weighted by atomic mass is 9.91. The van der Waals surface area contributed by atoms with Gasteiger partial charge in [-0.3, -0.25) is 4.79 Å². The fourth-order valence-electron chi connectivity index (χ4n) is 2.76. The van der Waals surface area contributed by atoms with Crippen molar-refractivity contribution in [3.8, 4) is 0 Å². The summed E-state index contributed by atoms with van der Waals surface area (Å²) >= 11 is 1.63. The molecule has 0 aliphatic heterocycles. The molecule has 0 N–H and O–H groups in total. The summed E-state index contributed by atoms with van der Waals surface area (Å²) in [6.07, 6.45) is 4.70. The molecule has 0 spiro atoms. The summed E-state index contributed by atoms with van der Waals surface area (Å²) in [4.78, 5) is 12.2. The van der Waals surface area contributed by atoms with E-state index in [-0.39, 0.29) is 16.6 Å². The van der Waals surface area contributed by atoms with Crippen molar-refractivity contribution < 1.29 is 13.6 Å². The number of hydrogen-bond acceptors (Lipinski definition) is 2. The number of halogens is 2. The van der Waals surface area contributed by atoms with Gasteiger partial charge in [-0.1, -0.05) is 19.8 Å². The van der Waals surface area contributed by atoms with Crippen LogP contribution in [-0.2, 0) is 0 Å². The molecule has 3 atom stereocenters. The van der Waals surface area contributed by atoms with Gasteiger partial charge in [-0.05, 0) is 37.8 Å². The van der Waals surface area contributed by atoms with Gasteiger partial charge in [-0.25, -0.2) is 8.78 Å². The second kappa shape index (κ2) is 6.70. The fourth-order valence-corrected chi connectivity index (χ4v) is 4.33. The second-order valence-electron chi connectivity index (χ2n) is 5.66. The van der Waals surface area contributed by atoms with Gasteiger partial charge in [-0.15, -0.1) is 11.8 Å². The van der Waals surface area contributed by atoms with Gasteiger partial charge in [0.25, 0.3) is 0 Å². The van der Waals surface area contributed by atoms with E-state index < -0.39 is 11.6 Å². The Morgan fingerprint density at radius 3 is 2.75 bits per heavy atom. The fraction of sp³-hybridized carbons (Fsp3) is 0.562. The lowest BCUT2D eigenvalue weighted by Gasteiger charge is -2.28. The SMILES string of the molecule is CC1CCCC(SC(C)C(=O)c2ccc(F)cc2F)C1. The Hall–Kier alpha value is -0.900. The van der Waals surface area contributed by atoms with Crippen LogP contribution in [0, 0.1) is 17.6 Å². The van der Waals surface area contributed by atoms with Crippen molar-refractivity contribution in [2.24, 2.45) is 5.92 Å². The maximum atomic E-state index is 13.6. The lowest BCUT2D eigenvalue weighted by Crippen LogP contribution is -2.22. The van der Waals surface area contributed by atoms with Gasteiger partial charge in [0, 0.05) is 11.3 Å². The van der Waals surface area contributed by atoms with Crippen LogP contribution in [0.2, 0.25) is 0 Å². The van der Waals surface area contributed by atoms with Crippen LogP contribution in [0.25, 0.3) is 0 Å². The summed E-state index contributed by atoms with van der Waals surface area (Å²) < 4.78 is 26.5. The van der Waals surface area contributed by atoms with E-state index in [1.807, 2.05) is 6.92 Å². The monoisotopic (exact) mass is 298 g/mol. The number of rotatable bonds is 4. The van der Waals surface area contributed by atoms with Crippen molar-refractivity contribution in [1.82, 2.24) is 0 Å². The first-order chi connectivity index (χ1) is 9.47. The molecule has 110 valence electrons. The van der Waals surface area contributed by atoms with Crippen molar-refractivity contribution >= 4 is 17.5 Å². The van der Waals surface area contributed by atoms with Crippen LogP contribution in [0.4, 0.5) is 8.78 Å². The van der Waals surface area contributed by atoms with Crippen LogP contribution in [0.1, 0.15) is 49.9 Å². The third-order valence-electron chi connectivity index (χ3n) is 3.85. The molecule has 0 aromatic heterocycles. The van der Waals surface area contributed by atoms with Gasteiger partial charge in [0.15, 0.2) is 5.78 Å². The number of carbonyl (C=O) groups excluding carboxylic acids is 1. The number of carbonyl (C=O) groups is 1. The zero-order valence-electron chi connectivity index (χ0n) is 11.9. The van der Waals surface area contributed by atoms with E-state index in [4.69, 9.17) is 0 Å². The summed E-state index contributed by atoms with van der Waals surface area (Å²) in [5, 5.41) is 0.187. The van der Waals surface area contributed by atoms with Gasteiger partial charge < -0.3 is 0 Å². The van der Waals surface area contributed by atoms with E-state index in [0.29, 0.717) is 11.2 Å². The predicted octanol–water partition coefficient (Wildman–Crippen LogP) is 4.85. The first kappa shape index (κ1) is 15.5. The van der Waals surface area contributed by atoms with E-state index in [1.54, 1.807) is 11.8 Å². The average molecular weight is 298 g/mol. The highest BCUT2D eigenvalue weighted by Crippen LogP contribution is 2.35. The Kier molecular flexibility index (Phi) is 5.19. The number of ketones is 1. The molecule has 20 heavy (non-hydrogen) atoms. The molecule has 0 radical (unpaired) electrons. The van der Waals surface area contributed by atoms with E-state index in [9.17, 15) is 13.6 Å². The Morgan fingerprint density at radius 1 is 1.35 bits per heavy atom. The Balaban J connectivity index is 2.01. The number of benzene rings is 1. The van der Waals surface area contributed by atoms with E-state index >= 15 is 0 Å². The van der Waals surface area contributed by atoms with Crippen molar-refractivity contribution in [2.45, 2.75) is 50.0 Å². The first-order valence-electron chi connectivity index (χ1n) is 7.12. The topological polar surface area (TPSA) is 17.1 Å². The van der Waals surface area contributed by atoms with Gasteiger partial charge in [0.05, 0.1) is 10.8 Å².